The second-order valence-electron chi connectivity index (χ2n) is 4.92. The average molecular weight is 262 g/mol. The van der Waals surface area contributed by atoms with Crippen LogP contribution in [0.25, 0.3) is 0 Å². The molecule has 0 bridgehead atoms. The monoisotopic (exact) mass is 262 g/mol. The van der Waals surface area contributed by atoms with Crippen LogP contribution in [0.1, 0.15) is 24.2 Å². The summed E-state index contributed by atoms with van der Waals surface area (Å²) in [5, 5.41) is 0. The lowest BCUT2D eigenvalue weighted by Crippen LogP contribution is -2.53. The Hall–Kier alpha value is -1.59. The van der Waals surface area contributed by atoms with Crippen LogP contribution in [-0.4, -0.2) is 47.9 Å². The van der Waals surface area contributed by atoms with E-state index in [2.05, 4.69) is 24.2 Å². The van der Waals surface area contributed by atoms with Crippen LogP contribution in [0.3, 0.4) is 0 Å². The first-order valence-electron chi connectivity index (χ1n) is 6.76. The second-order valence-corrected chi connectivity index (χ2v) is 4.92. The number of para-hydroxylation sites is 1. The lowest BCUT2D eigenvalue weighted by atomic mass is 10.1. The molecule has 5 heteroatoms. The van der Waals surface area contributed by atoms with E-state index in [0.717, 1.165) is 26.2 Å². The Bertz CT molecular complexity index is 449. The van der Waals surface area contributed by atoms with Crippen molar-refractivity contribution in [3.8, 4) is 0 Å². The van der Waals surface area contributed by atoms with Crippen LogP contribution < -0.4 is 11.3 Å². The molecule has 2 rings (SSSR count). The smallest absolute Gasteiger partial charge is 0.256 e. The molecule has 1 heterocycles. The summed E-state index contributed by atoms with van der Waals surface area (Å²) in [6, 6.07) is 7.76. The standard InChI is InChI=1S/C14H22N4O/c1-3-17-8-9-18(10-11(17)2)14(19)12-6-4-5-7-13(12)16-15/h4-7,11,16H,3,8-10,15H2,1-2H3. The lowest BCUT2D eigenvalue weighted by molar-refractivity contribution is 0.0529. The van der Waals surface area contributed by atoms with Crippen LogP contribution in [0.4, 0.5) is 5.69 Å². The maximum atomic E-state index is 12.5. The number of nitrogens with one attached hydrogen (secondary N) is 1. The minimum absolute atomic E-state index is 0.0520. The van der Waals surface area contributed by atoms with Gasteiger partial charge in [-0.05, 0) is 25.6 Å². The van der Waals surface area contributed by atoms with Crippen LogP contribution in [0.15, 0.2) is 24.3 Å². The number of hydrogen-bond acceptors (Lipinski definition) is 4. The van der Waals surface area contributed by atoms with Gasteiger partial charge >= 0.3 is 0 Å². The van der Waals surface area contributed by atoms with Crippen molar-refractivity contribution in [3.05, 3.63) is 29.8 Å². The summed E-state index contributed by atoms with van der Waals surface area (Å²) >= 11 is 0. The molecule has 0 aromatic heterocycles. The topological polar surface area (TPSA) is 61.6 Å². The fourth-order valence-corrected chi connectivity index (χ4v) is 2.62. The summed E-state index contributed by atoms with van der Waals surface area (Å²) in [7, 11) is 0. The Morgan fingerprint density at radius 2 is 2.16 bits per heavy atom. The highest BCUT2D eigenvalue weighted by atomic mass is 16.2. The Morgan fingerprint density at radius 1 is 1.42 bits per heavy atom. The molecular weight excluding hydrogens is 240 g/mol. The number of anilines is 1. The first-order chi connectivity index (χ1) is 9.17. The molecule has 0 aliphatic carbocycles. The Labute approximate surface area is 114 Å². The van der Waals surface area contributed by atoms with Crippen molar-refractivity contribution < 1.29 is 4.79 Å². The maximum Gasteiger partial charge on any atom is 0.256 e. The Morgan fingerprint density at radius 3 is 2.79 bits per heavy atom. The highest BCUT2D eigenvalue weighted by Crippen LogP contribution is 2.18. The third-order valence-corrected chi connectivity index (χ3v) is 3.77. The Balaban J connectivity index is 2.12. The van der Waals surface area contributed by atoms with Crippen molar-refractivity contribution in [2.24, 2.45) is 5.84 Å². The van der Waals surface area contributed by atoms with Gasteiger partial charge in [-0.1, -0.05) is 19.1 Å². The van der Waals surface area contributed by atoms with E-state index in [1.54, 1.807) is 0 Å². The number of rotatable bonds is 3. The summed E-state index contributed by atoms with van der Waals surface area (Å²) in [5.74, 6) is 5.51. The highest BCUT2D eigenvalue weighted by Gasteiger charge is 2.27. The van der Waals surface area contributed by atoms with Crippen LogP contribution in [0.2, 0.25) is 0 Å². The molecular formula is C14H22N4O. The zero-order valence-electron chi connectivity index (χ0n) is 11.6. The number of nitrogens with two attached hydrogens (primary N) is 1. The van der Waals surface area contributed by atoms with Gasteiger partial charge in [-0.3, -0.25) is 15.5 Å². The van der Waals surface area contributed by atoms with Gasteiger partial charge in [0.2, 0.25) is 0 Å². The van der Waals surface area contributed by atoms with Crippen molar-refractivity contribution in [2.45, 2.75) is 19.9 Å². The van der Waals surface area contributed by atoms with Gasteiger partial charge in [-0.2, -0.15) is 0 Å². The van der Waals surface area contributed by atoms with Gasteiger partial charge in [0.15, 0.2) is 0 Å². The van der Waals surface area contributed by atoms with Gasteiger partial charge in [0, 0.05) is 25.7 Å². The number of nitrogens with zero attached hydrogens (tertiary/aromatic N) is 2. The molecule has 3 N–H and O–H groups in total. The predicted molar refractivity (Wildman–Crippen MR) is 76.9 cm³/mol. The van der Waals surface area contributed by atoms with Gasteiger partial charge in [0.25, 0.3) is 5.91 Å². The van der Waals surface area contributed by atoms with Gasteiger partial charge in [0.05, 0.1) is 11.3 Å². The molecule has 1 aromatic carbocycles. The lowest BCUT2D eigenvalue weighted by Gasteiger charge is -2.39. The van der Waals surface area contributed by atoms with E-state index < -0.39 is 0 Å². The SMILES string of the molecule is CCN1CCN(C(=O)c2ccccc2NN)CC1C. The molecule has 1 unspecified atom stereocenters. The molecule has 1 aromatic rings. The van der Waals surface area contributed by atoms with Crippen molar-refractivity contribution in [1.82, 2.24) is 9.80 Å². The van der Waals surface area contributed by atoms with E-state index in [4.69, 9.17) is 5.84 Å². The van der Waals surface area contributed by atoms with E-state index in [1.807, 2.05) is 29.2 Å². The zero-order valence-corrected chi connectivity index (χ0v) is 11.6. The third kappa shape index (κ3) is 2.88. The highest BCUT2D eigenvalue weighted by molar-refractivity contribution is 5.99. The summed E-state index contributed by atoms with van der Waals surface area (Å²) in [5.41, 5.74) is 3.91. The molecule has 0 saturated carbocycles. The van der Waals surface area contributed by atoms with Crippen molar-refractivity contribution >= 4 is 11.6 Å². The number of hydrazine groups is 1. The number of hydrogen-bond donors (Lipinski definition) is 2. The van der Waals surface area contributed by atoms with E-state index in [9.17, 15) is 4.79 Å². The minimum Gasteiger partial charge on any atom is -0.336 e. The molecule has 1 aliphatic heterocycles. The fraction of sp³-hybridized carbons (Fsp3) is 0.500. The molecule has 1 amide bonds. The van der Waals surface area contributed by atoms with Crippen molar-refractivity contribution in [3.63, 3.8) is 0 Å². The molecule has 1 atom stereocenters. The maximum absolute atomic E-state index is 12.5. The molecule has 1 fully saturated rings. The van der Waals surface area contributed by atoms with Crippen LogP contribution in [-0.2, 0) is 0 Å². The quantitative estimate of drug-likeness (QED) is 0.633. The van der Waals surface area contributed by atoms with Gasteiger partial charge < -0.3 is 10.3 Å². The normalized spacial score (nSPS) is 20.4. The minimum atomic E-state index is 0.0520. The molecule has 0 spiro atoms. The van der Waals surface area contributed by atoms with E-state index in [0.29, 0.717) is 17.3 Å². The third-order valence-electron chi connectivity index (χ3n) is 3.77. The van der Waals surface area contributed by atoms with Gasteiger partial charge in [-0.25, -0.2) is 0 Å². The van der Waals surface area contributed by atoms with E-state index >= 15 is 0 Å². The van der Waals surface area contributed by atoms with Crippen molar-refractivity contribution in [1.29, 1.82) is 0 Å². The number of likely N-dealkylation sites (N-methyl/N-ethyl adjacent to an activating group) is 1. The average Bonchev–Trinajstić information content (AvgIpc) is 2.46. The largest absolute Gasteiger partial charge is 0.336 e. The van der Waals surface area contributed by atoms with Crippen LogP contribution in [0, 0.1) is 0 Å². The summed E-state index contributed by atoms with van der Waals surface area (Å²) in [6.45, 7) is 7.82. The summed E-state index contributed by atoms with van der Waals surface area (Å²) in [4.78, 5) is 16.8. The number of carbonyl (C=O) groups is 1. The van der Waals surface area contributed by atoms with Gasteiger partial charge in [-0.15, -0.1) is 0 Å². The zero-order chi connectivity index (χ0) is 13.8. The summed E-state index contributed by atoms with van der Waals surface area (Å²) in [6.07, 6.45) is 0. The molecule has 1 saturated heterocycles. The van der Waals surface area contributed by atoms with Crippen LogP contribution >= 0.6 is 0 Å². The molecule has 5 nitrogen and oxygen atoms in total. The molecule has 1 aliphatic rings. The van der Waals surface area contributed by atoms with Gasteiger partial charge in [0.1, 0.15) is 0 Å². The van der Waals surface area contributed by atoms with E-state index in [-0.39, 0.29) is 5.91 Å². The number of nitrogen functional groups attached to an aromatic ring is 1. The molecule has 104 valence electrons. The molecule has 19 heavy (non-hydrogen) atoms. The Kier molecular flexibility index (Phi) is 4.39. The number of carbonyl (C=O) groups excluding carboxylic acids is 1. The van der Waals surface area contributed by atoms with E-state index in [1.165, 1.54) is 0 Å². The second kappa shape index (κ2) is 6.04. The first kappa shape index (κ1) is 13.8. The summed E-state index contributed by atoms with van der Waals surface area (Å²) < 4.78 is 0. The number of amides is 1. The molecule has 0 radical (unpaired) electrons. The number of piperazine rings is 1. The fourth-order valence-electron chi connectivity index (χ4n) is 2.62. The van der Waals surface area contributed by atoms with Crippen LogP contribution in [0.5, 0.6) is 0 Å². The number of benzene rings is 1. The van der Waals surface area contributed by atoms with Crippen molar-refractivity contribution in [2.75, 3.05) is 31.6 Å². The predicted octanol–water partition coefficient (Wildman–Crippen LogP) is 1.14. The first-order valence-corrected chi connectivity index (χ1v) is 6.76.